The zero-order valence-electron chi connectivity index (χ0n) is 30.1. The maximum absolute atomic E-state index is 2.49. The number of rotatable bonds is 9. The van der Waals surface area contributed by atoms with E-state index < -0.39 is 0 Å². The number of nitrogens with zero attached hydrogens (tertiary/aromatic N) is 4. The van der Waals surface area contributed by atoms with Crippen LogP contribution in [-0.4, -0.2) is 0 Å². The first kappa shape index (κ1) is 32.5. The predicted octanol–water partition coefficient (Wildman–Crippen LogP) is 12.9. The summed E-state index contributed by atoms with van der Waals surface area (Å²) in [6, 6.07) is 57.6. The predicted molar refractivity (Wildman–Crippen MR) is 216 cm³/mol. The highest BCUT2D eigenvalue weighted by molar-refractivity contribution is 6.00. The molecule has 0 radical (unpaired) electrons. The molecule has 0 N–H and O–H groups in total. The van der Waals surface area contributed by atoms with Crippen molar-refractivity contribution >= 4 is 45.5 Å². The molecule has 0 bridgehead atoms. The third-order valence-electron chi connectivity index (χ3n) is 10.1. The van der Waals surface area contributed by atoms with Crippen molar-refractivity contribution in [3.8, 4) is 0 Å². The van der Waals surface area contributed by atoms with Crippen LogP contribution in [0.5, 0.6) is 0 Å². The van der Waals surface area contributed by atoms with Crippen molar-refractivity contribution in [3.63, 3.8) is 0 Å². The lowest BCUT2D eigenvalue weighted by Crippen LogP contribution is -2.33. The van der Waals surface area contributed by atoms with Gasteiger partial charge in [0.05, 0.1) is 22.7 Å². The highest BCUT2D eigenvalue weighted by Crippen LogP contribution is 2.57. The summed E-state index contributed by atoms with van der Waals surface area (Å²) in [6.45, 7) is 9.23. The van der Waals surface area contributed by atoms with Crippen LogP contribution in [0.3, 0.4) is 0 Å². The molecular formula is C47H46N4. The minimum Gasteiger partial charge on any atom is -0.291 e. The fourth-order valence-electron chi connectivity index (χ4n) is 7.56. The van der Waals surface area contributed by atoms with Crippen LogP contribution in [0.15, 0.2) is 169 Å². The van der Waals surface area contributed by atoms with Gasteiger partial charge in [-0.2, -0.15) is 0 Å². The quantitative estimate of drug-likeness (QED) is 0.152. The Hall–Kier alpha value is -5.74. The van der Waals surface area contributed by atoms with Gasteiger partial charge in [0, 0.05) is 22.7 Å². The number of hydrogen-bond acceptors (Lipinski definition) is 4. The molecule has 0 fully saturated rings. The van der Waals surface area contributed by atoms with Crippen LogP contribution in [0.4, 0.5) is 45.5 Å². The number of fused-ring (bicyclic) bond motifs is 2. The Morgan fingerprint density at radius 1 is 0.392 bits per heavy atom. The van der Waals surface area contributed by atoms with E-state index in [2.05, 4.69) is 205 Å². The minimum absolute atomic E-state index is 0.550. The van der Waals surface area contributed by atoms with Gasteiger partial charge in [-0.3, -0.25) is 19.6 Å². The third kappa shape index (κ3) is 6.05. The van der Waals surface area contributed by atoms with Gasteiger partial charge < -0.3 is 0 Å². The normalized spacial score (nSPS) is 15.8. The first-order chi connectivity index (χ1) is 25.0. The van der Waals surface area contributed by atoms with E-state index in [1.54, 1.807) is 0 Å². The fourth-order valence-corrected chi connectivity index (χ4v) is 7.56. The van der Waals surface area contributed by atoms with Crippen LogP contribution in [0.1, 0.15) is 45.2 Å². The molecule has 4 nitrogen and oxygen atoms in total. The zero-order chi connectivity index (χ0) is 34.9. The Morgan fingerprint density at radius 3 is 1.06 bits per heavy atom. The summed E-state index contributed by atoms with van der Waals surface area (Å²) < 4.78 is 0. The molecule has 4 heteroatoms. The second kappa shape index (κ2) is 13.9. The van der Waals surface area contributed by atoms with Crippen LogP contribution < -0.4 is 19.6 Å². The molecule has 8 rings (SSSR count). The molecule has 0 aliphatic carbocycles. The van der Waals surface area contributed by atoms with Crippen LogP contribution >= 0.6 is 0 Å². The van der Waals surface area contributed by atoms with Crippen molar-refractivity contribution in [3.05, 3.63) is 180 Å². The van der Waals surface area contributed by atoms with Gasteiger partial charge in [0.2, 0.25) is 0 Å². The van der Waals surface area contributed by atoms with E-state index in [0.717, 1.165) is 65.0 Å². The first-order valence-electron chi connectivity index (χ1n) is 18.4. The monoisotopic (exact) mass is 666 g/mol. The smallest absolute Gasteiger partial charge is 0.166 e. The molecule has 0 saturated carbocycles. The lowest BCUT2D eigenvalue weighted by atomic mass is 9.98. The molecule has 6 aromatic rings. The molecule has 2 aliphatic rings. The van der Waals surface area contributed by atoms with Crippen molar-refractivity contribution in [2.45, 2.75) is 47.0 Å². The largest absolute Gasteiger partial charge is 0.291 e. The Morgan fingerprint density at radius 2 is 0.725 bits per heavy atom. The number of para-hydroxylation sites is 4. The highest BCUT2D eigenvalue weighted by atomic mass is 15.5. The van der Waals surface area contributed by atoms with E-state index in [-0.39, 0.29) is 0 Å². The Balaban J connectivity index is 1.49. The third-order valence-corrected chi connectivity index (χ3v) is 10.1. The maximum atomic E-state index is 2.49. The van der Waals surface area contributed by atoms with Gasteiger partial charge in [-0.05, 0) is 109 Å². The zero-order valence-corrected chi connectivity index (χ0v) is 30.1. The van der Waals surface area contributed by atoms with Crippen LogP contribution in [0, 0.1) is 11.8 Å². The molecule has 2 aliphatic heterocycles. The Kier molecular flexibility index (Phi) is 8.83. The number of anilines is 8. The summed E-state index contributed by atoms with van der Waals surface area (Å²) in [5.41, 5.74) is 11.9. The van der Waals surface area contributed by atoms with Gasteiger partial charge >= 0.3 is 0 Å². The second-order valence-corrected chi connectivity index (χ2v) is 14.3. The SMILES string of the molecule is CCC(C)Cc1ccc2c(c1)N(c1ccccc1)/C(=C1\N(c3ccccc3)c3ccc(CC(C)C)cc3N1c1ccccc1)N2c1ccccc1. The maximum Gasteiger partial charge on any atom is 0.166 e. The van der Waals surface area contributed by atoms with E-state index in [0.29, 0.717) is 11.8 Å². The van der Waals surface area contributed by atoms with Crippen molar-refractivity contribution in [2.24, 2.45) is 11.8 Å². The molecule has 0 spiro atoms. The van der Waals surface area contributed by atoms with E-state index in [1.165, 1.54) is 22.5 Å². The Labute approximate surface area is 303 Å². The first-order valence-corrected chi connectivity index (χ1v) is 18.4. The van der Waals surface area contributed by atoms with E-state index in [1.807, 2.05) is 0 Å². The summed E-state index contributed by atoms with van der Waals surface area (Å²) in [6.07, 6.45) is 3.21. The topological polar surface area (TPSA) is 13.0 Å². The van der Waals surface area contributed by atoms with E-state index in [4.69, 9.17) is 0 Å². The van der Waals surface area contributed by atoms with Gasteiger partial charge in [-0.1, -0.05) is 119 Å². The standard InChI is InChI=1S/C47H46N4/c1-5-35(4)31-37-27-29-43-45(33-37)51(41-24-16-9-17-25-41)47(49(43)39-20-12-7-13-21-39)46-48(38-18-10-6-11-19-38)42-28-26-36(30-34(2)3)32-44(42)50(46)40-22-14-8-15-23-40/h6-29,32-35H,5,30-31H2,1-4H3/b47-46+. The molecule has 1 unspecified atom stereocenters. The van der Waals surface area contributed by atoms with Crippen molar-refractivity contribution in [1.29, 1.82) is 0 Å². The van der Waals surface area contributed by atoms with Gasteiger partial charge in [0.15, 0.2) is 11.6 Å². The van der Waals surface area contributed by atoms with Gasteiger partial charge in [-0.15, -0.1) is 0 Å². The number of benzene rings is 6. The van der Waals surface area contributed by atoms with Gasteiger partial charge in [-0.25, -0.2) is 0 Å². The highest BCUT2D eigenvalue weighted by Gasteiger charge is 2.44. The molecule has 1 atom stereocenters. The van der Waals surface area contributed by atoms with E-state index in [9.17, 15) is 0 Å². The molecule has 51 heavy (non-hydrogen) atoms. The summed E-state index contributed by atoms with van der Waals surface area (Å²) in [7, 11) is 0. The number of hydrogen-bond donors (Lipinski definition) is 0. The minimum atomic E-state index is 0.550. The summed E-state index contributed by atoms with van der Waals surface area (Å²) in [5.74, 6) is 3.31. The second-order valence-electron chi connectivity index (χ2n) is 14.3. The van der Waals surface area contributed by atoms with Gasteiger partial charge in [0.25, 0.3) is 0 Å². The molecule has 6 aromatic carbocycles. The molecule has 0 saturated heterocycles. The van der Waals surface area contributed by atoms with Crippen molar-refractivity contribution < 1.29 is 0 Å². The summed E-state index contributed by atoms with van der Waals surface area (Å²) in [4.78, 5) is 9.91. The summed E-state index contributed by atoms with van der Waals surface area (Å²) in [5, 5.41) is 0. The molecule has 2 heterocycles. The van der Waals surface area contributed by atoms with Crippen LogP contribution in [-0.2, 0) is 12.8 Å². The van der Waals surface area contributed by atoms with E-state index >= 15 is 0 Å². The molecule has 0 amide bonds. The van der Waals surface area contributed by atoms with Crippen molar-refractivity contribution in [1.82, 2.24) is 0 Å². The lowest BCUT2D eigenvalue weighted by Gasteiger charge is -2.34. The Bertz CT molecular complexity index is 2140. The average Bonchev–Trinajstić information content (AvgIpc) is 3.68. The van der Waals surface area contributed by atoms with Crippen LogP contribution in [0.25, 0.3) is 0 Å². The molecule has 254 valence electrons. The average molecular weight is 667 g/mol. The fraction of sp³-hybridized carbons (Fsp3) is 0.191. The summed E-state index contributed by atoms with van der Waals surface area (Å²) >= 11 is 0. The molecule has 0 aromatic heterocycles. The van der Waals surface area contributed by atoms with Gasteiger partial charge in [0.1, 0.15) is 0 Å². The van der Waals surface area contributed by atoms with Crippen LogP contribution in [0.2, 0.25) is 0 Å². The van der Waals surface area contributed by atoms with Crippen molar-refractivity contribution in [2.75, 3.05) is 19.6 Å². The lowest BCUT2D eigenvalue weighted by molar-refractivity contribution is 0.560. The molecular weight excluding hydrogens is 621 g/mol.